The second kappa shape index (κ2) is 10.5. The van der Waals surface area contributed by atoms with Crippen LogP contribution in [-0.2, 0) is 9.59 Å². The minimum atomic E-state index is -0.251. The normalized spacial score (nSPS) is 10.5. The first-order valence-corrected chi connectivity index (χ1v) is 10.00. The van der Waals surface area contributed by atoms with Crippen LogP contribution in [0.2, 0.25) is 0 Å². The van der Waals surface area contributed by atoms with E-state index in [0.717, 1.165) is 4.47 Å². The van der Waals surface area contributed by atoms with E-state index in [1.54, 1.807) is 48.5 Å². The summed E-state index contributed by atoms with van der Waals surface area (Å²) in [4.78, 5) is 30.2. The minimum Gasteiger partial charge on any atom is -0.457 e. The first-order valence-electron chi connectivity index (χ1n) is 9.21. The zero-order valence-electron chi connectivity index (χ0n) is 16.3. The first kappa shape index (κ1) is 21.5. The monoisotopic (exact) mass is 468 g/mol. The predicted molar refractivity (Wildman–Crippen MR) is 120 cm³/mol. The number of nitrogens with one attached hydrogen (secondary N) is 2. The van der Waals surface area contributed by atoms with Crippen molar-refractivity contribution in [2.45, 2.75) is 0 Å². The number of carbonyl (C=O) groups excluding carboxylic acids is 2. The molecule has 0 aliphatic rings. The van der Waals surface area contributed by atoms with Gasteiger partial charge >= 0.3 is 0 Å². The lowest BCUT2D eigenvalue weighted by Gasteiger charge is -2.16. The van der Waals surface area contributed by atoms with Crippen molar-refractivity contribution in [3.05, 3.63) is 77.4 Å². The van der Waals surface area contributed by atoms with Gasteiger partial charge in [0.1, 0.15) is 17.3 Å². The van der Waals surface area contributed by atoms with Gasteiger partial charge in [-0.25, -0.2) is 4.98 Å². The van der Waals surface area contributed by atoms with Crippen molar-refractivity contribution >= 4 is 39.2 Å². The number of para-hydroxylation sites is 1. The van der Waals surface area contributed by atoms with E-state index in [-0.39, 0.29) is 24.9 Å². The average Bonchev–Trinajstić information content (AvgIpc) is 2.70. The second-order valence-electron chi connectivity index (χ2n) is 6.57. The van der Waals surface area contributed by atoms with Crippen molar-refractivity contribution in [3.8, 4) is 11.5 Å². The van der Waals surface area contributed by atoms with Crippen LogP contribution in [0.4, 0.5) is 11.5 Å². The van der Waals surface area contributed by atoms with Crippen LogP contribution in [0.25, 0.3) is 0 Å². The maximum atomic E-state index is 12.3. The van der Waals surface area contributed by atoms with Gasteiger partial charge in [-0.1, -0.05) is 24.3 Å². The molecule has 0 fully saturated rings. The maximum Gasteiger partial charge on any atom is 0.239 e. The quantitative estimate of drug-likeness (QED) is 0.518. The van der Waals surface area contributed by atoms with Gasteiger partial charge in [0, 0.05) is 22.4 Å². The molecule has 154 valence electrons. The van der Waals surface area contributed by atoms with E-state index < -0.39 is 0 Å². The third-order valence-corrected chi connectivity index (χ3v) is 4.39. The highest BCUT2D eigenvalue weighted by Crippen LogP contribution is 2.23. The summed E-state index contributed by atoms with van der Waals surface area (Å²) in [6.07, 6.45) is 1.60. The number of halogens is 1. The number of rotatable bonds is 8. The summed E-state index contributed by atoms with van der Waals surface area (Å²) in [6, 6.07) is 20.0. The van der Waals surface area contributed by atoms with Gasteiger partial charge in [-0.05, 0) is 59.4 Å². The number of hydrogen-bond acceptors (Lipinski definition) is 5. The zero-order chi connectivity index (χ0) is 21.3. The van der Waals surface area contributed by atoms with Gasteiger partial charge in [-0.2, -0.15) is 0 Å². The van der Waals surface area contributed by atoms with Gasteiger partial charge in [-0.3, -0.25) is 14.5 Å². The van der Waals surface area contributed by atoms with Crippen LogP contribution >= 0.6 is 15.9 Å². The molecular weight excluding hydrogens is 448 g/mol. The number of pyridine rings is 1. The van der Waals surface area contributed by atoms with Crippen molar-refractivity contribution in [1.29, 1.82) is 0 Å². The summed E-state index contributed by atoms with van der Waals surface area (Å²) in [5, 5.41) is 5.51. The average molecular weight is 469 g/mol. The number of carbonyl (C=O) groups is 2. The molecule has 7 nitrogen and oxygen atoms in total. The summed E-state index contributed by atoms with van der Waals surface area (Å²) in [7, 11) is 1.70. The zero-order valence-corrected chi connectivity index (χ0v) is 17.9. The number of anilines is 2. The highest BCUT2D eigenvalue weighted by atomic mass is 79.9. The van der Waals surface area contributed by atoms with E-state index in [1.165, 1.54) is 0 Å². The molecule has 0 radical (unpaired) electrons. The van der Waals surface area contributed by atoms with E-state index in [0.29, 0.717) is 23.0 Å². The van der Waals surface area contributed by atoms with Crippen LogP contribution in [-0.4, -0.2) is 41.8 Å². The molecule has 3 rings (SSSR count). The number of aromatic nitrogens is 1. The molecule has 0 saturated heterocycles. The number of ether oxygens (including phenoxy) is 1. The molecule has 1 heterocycles. The van der Waals surface area contributed by atoms with E-state index in [4.69, 9.17) is 4.74 Å². The Balaban J connectivity index is 1.48. The Morgan fingerprint density at radius 2 is 1.63 bits per heavy atom. The molecule has 2 aromatic carbocycles. The molecule has 0 bridgehead atoms. The molecular formula is C22H21BrN4O3. The molecule has 0 saturated carbocycles. The predicted octanol–water partition coefficient (Wildman–Crippen LogP) is 4.15. The largest absolute Gasteiger partial charge is 0.457 e. The lowest BCUT2D eigenvalue weighted by atomic mass is 10.3. The van der Waals surface area contributed by atoms with E-state index in [1.807, 2.05) is 36.4 Å². The summed E-state index contributed by atoms with van der Waals surface area (Å²) in [5.74, 6) is 1.30. The Morgan fingerprint density at radius 1 is 0.933 bits per heavy atom. The number of hydrogen-bond donors (Lipinski definition) is 2. The van der Waals surface area contributed by atoms with E-state index in [2.05, 4.69) is 31.5 Å². The highest BCUT2D eigenvalue weighted by Gasteiger charge is 2.12. The maximum absolute atomic E-state index is 12.3. The van der Waals surface area contributed by atoms with E-state index >= 15 is 0 Å². The molecule has 0 spiro atoms. The van der Waals surface area contributed by atoms with Gasteiger partial charge < -0.3 is 15.4 Å². The number of nitrogens with zero attached hydrogens (tertiary/aromatic N) is 2. The second-order valence-corrected chi connectivity index (χ2v) is 7.49. The SMILES string of the molecule is CN(CC(=O)Nc1cccc(Oc2ccccc2)c1)CC(=O)Nc1ccc(Br)cn1. The summed E-state index contributed by atoms with van der Waals surface area (Å²) >= 11 is 3.29. The Bertz CT molecular complexity index is 997. The minimum absolute atomic E-state index is 0.0579. The van der Waals surface area contributed by atoms with Gasteiger partial charge in [0.25, 0.3) is 0 Å². The lowest BCUT2D eigenvalue weighted by Crippen LogP contribution is -2.36. The molecule has 0 aliphatic carbocycles. The fraction of sp³-hybridized carbons (Fsp3) is 0.136. The standard InChI is InChI=1S/C22H21BrN4O3/c1-27(15-22(29)26-20-11-10-16(23)13-24-20)14-21(28)25-17-6-5-9-19(12-17)30-18-7-3-2-4-8-18/h2-13H,14-15H2,1H3,(H,25,28)(H,24,26,29). The van der Waals surface area contributed by atoms with Crippen LogP contribution in [0.5, 0.6) is 11.5 Å². The topological polar surface area (TPSA) is 83.6 Å². The molecule has 30 heavy (non-hydrogen) atoms. The van der Waals surface area contributed by atoms with Crippen LogP contribution < -0.4 is 15.4 Å². The highest BCUT2D eigenvalue weighted by molar-refractivity contribution is 9.10. The van der Waals surface area contributed by atoms with Gasteiger partial charge in [-0.15, -0.1) is 0 Å². The molecule has 0 atom stereocenters. The molecule has 0 aliphatic heterocycles. The van der Waals surface area contributed by atoms with Crippen molar-refractivity contribution in [1.82, 2.24) is 9.88 Å². The molecule has 2 N–H and O–H groups in total. The smallest absolute Gasteiger partial charge is 0.239 e. The van der Waals surface area contributed by atoms with Crippen LogP contribution in [0.15, 0.2) is 77.4 Å². The van der Waals surface area contributed by atoms with Gasteiger partial charge in [0.15, 0.2) is 0 Å². The Labute approximate surface area is 183 Å². The van der Waals surface area contributed by atoms with Crippen LogP contribution in [0, 0.1) is 0 Å². The summed E-state index contributed by atoms with van der Waals surface area (Å²) in [5.41, 5.74) is 0.616. The Morgan fingerprint density at radius 3 is 2.33 bits per heavy atom. The first-order chi connectivity index (χ1) is 14.5. The van der Waals surface area contributed by atoms with E-state index in [9.17, 15) is 9.59 Å². The molecule has 3 aromatic rings. The third-order valence-electron chi connectivity index (χ3n) is 3.92. The van der Waals surface area contributed by atoms with Crippen molar-refractivity contribution in [2.24, 2.45) is 0 Å². The molecule has 1 aromatic heterocycles. The molecule has 2 amide bonds. The molecule has 8 heteroatoms. The van der Waals surface area contributed by atoms with Gasteiger partial charge in [0.05, 0.1) is 13.1 Å². The summed E-state index contributed by atoms with van der Waals surface area (Å²) in [6.45, 7) is 0.118. The van der Waals surface area contributed by atoms with Crippen LogP contribution in [0.1, 0.15) is 0 Å². The molecule has 0 unspecified atom stereocenters. The van der Waals surface area contributed by atoms with Gasteiger partial charge in [0.2, 0.25) is 11.8 Å². The van der Waals surface area contributed by atoms with Crippen molar-refractivity contribution in [2.75, 3.05) is 30.8 Å². The Hall–Kier alpha value is -3.23. The number of amides is 2. The number of benzene rings is 2. The fourth-order valence-corrected chi connectivity index (χ4v) is 2.88. The number of likely N-dealkylation sites (N-methyl/N-ethyl adjacent to an activating group) is 1. The van der Waals surface area contributed by atoms with Crippen molar-refractivity contribution < 1.29 is 14.3 Å². The fourth-order valence-electron chi connectivity index (χ4n) is 2.64. The van der Waals surface area contributed by atoms with Crippen molar-refractivity contribution in [3.63, 3.8) is 0 Å². The summed E-state index contributed by atoms with van der Waals surface area (Å²) < 4.78 is 6.60. The Kier molecular flexibility index (Phi) is 7.53. The lowest BCUT2D eigenvalue weighted by molar-refractivity contribution is -0.119. The third kappa shape index (κ3) is 6.98. The van der Waals surface area contributed by atoms with Crippen LogP contribution in [0.3, 0.4) is 0 Å².